The quantitative estimate of drug-likeness (QED) is 0.639. The van der Waals surface area contributed by atoms with Crippen molar-refractivity contribution in [3.05, 3.63) is 28.6 Å². The van der Waals surface area contributed by atoms with Gasteiger partial charge in [-0.2, -0.15) is 0 Å². The molecule has 1 aliphatic heterocycles. The van der Waals surface area contributed by atoms with Crippen LogP contribution in [-0.4, -0.2) is 5.25 Å². The second-order valence-corrected chi connectivity index (χ2v) is 6.67. The van der Waals surface area contributed by atoms with E-state index in [4.69, 9.17) is 0 Å². The van der Waals surface area contributed by atoms with Crippen LogP contribution in [0.5, 0.6) is 0 Å². The number of thiophene rings is 1. The first-order valence-corrected chi connectivity index (χ1v) is 6.62. The lowest BCUT2D eigenvalue weighted by Crippen LogP contribution is -1.90. The van der Waals surface area contributed by atoms with Gasteiger partial charge in [0.05, 0.1) is 0 Å². The molecule has 2 heteroatoms. The molecule has 0 bridgehead atoms. The van der Waals surface area contributed by atoms with Crippen molar-refractivity contribution in [2.45, 2.75) is 30.4 Å². The first-order chi connectivity index (χ1) is 6.74. The molecule has 2 heterocycles. The topological polar surface area (TPSA) is 0 Å². The fourth-order valence-electron chi connectivity index (χ4n) is 2.09. The smallest absolute Gasteiger partial charge is 0.0484 e. The van der Waals surface area contributed by atoms with Crippen LogP contribution in [-0.2, 0) is 6.42 Å². The van der Waals surface area contributed by atoms with Gasteiger partial charge in [-0.25, -0.2) is 0 Å². The van der Waals surface area contributed by atoms with Crippen molar-refractivity contribution in [1.82, 2.24) is 0 Å². The maximum atomic E-state index is 2.32. The fourth-order valence-corrected chi connectivity index (χ4v) is 4.53. The maximum absolute atomic E-state index is 2.32. The predicted molar refractivity (Wildman–Crippen MR) is 65.6 cm³/mol. The molecule has 0 nitrogen and oxygen atoms in total. The third-order valence-electron chi connectivity index (χ3n) is 2.67. The van der Waals surface area contributed by atoms with Crippen molar-refractivity contribution in [3.8, 4) is 0 Å². The summed E-state index contributed by atoms with van der Waals surface area (Å²) in [5.74, 6) is 0. The third kappa shape index (κ3) is 1.21. The van der Waals surface area contributed by atoms with Crippen LogP contribution in [0.3, 0.4) is 0 Å². The van der Waals surface area contributed by atoms with E-state index in [0.29, 0.717) is 0 Å². The molecular formula is C12H12S2. The number of thioether (sulfide) groups is 1. The standard InChI is InChI=1S/C12H12S2/c1-7-5-9-3-4-10-6-8(2)14-12(10)11(9)13-7/h3-5,8H,6H2,1-2H3. The molecule has 0 spiro atoms. The molecule has 72 valence electrons. The molecule has 1 atom stereocenters. The Morgan fingerprint density at radius 2 is 2.21 bits per heavy atom. The minimum atomic E-state index is 0.762. The summed E-state index contributed by atoms with van der Waals surface area (Å²) in [4.78, 5) is 2.97. The summed E-state index contributed by atoms with van der Waals surface area (Å²) in [5.41, 5.74) is 1.55. The van der Waals surface area contributed by atoms with Crippen LogP contribution in [0.25, 0.3) is 10.1 Å². The molecule has 1 unspecified atom stereocenters. The second-order valence-electron chi connectivity index (χ2n) is 3.96. The molecule has 0 saturated heterocycles. The minimum Gasteiger partial charge on any atom is -0.139 e. The average Bonchev–Trinajstić information content (AvgIpc) is 2.65. The van der Waals surface area contributed by atoms with Crippen LogP contribution in [0, 0.1) is 6.92 Å². The molecule has 1 aliphatic rings. The molecule has 0 amide bonds. The normalized spacial score (nSPS) is 20.3. The van der Waals surface area contributed by atoms with Crippen molar-refractivity contribution in [3.63, 3.8) is 0 Å². The maximum Gasteiger partial charge on any atom is 0.0484 e. The minimum absolute atomic E-state index is 0.762. The van der Waals surface area contributed by atoms with Crippen LogP contribution >= 0.6 is 23.1 Å². The summed E-state index contributed by atoms with van der Waals surface area (Å²) in [6.45, 7) is 4.51. The monoisotopic (exact) mass is 220 g/mol. The SMILES string of the molecule is Cc1cc2ccc3c(c2s1)SC(C)C3. The summed E-state index contributed by atoms with van der Waals surface area (Å²) in [5, 5.41) is 2.19. The van der Waals surface area contributed by atoms with Crippen molar-refractivity contribution >= 4 is 33.2 Å². The molecule has 0 aliphatic carbocycles. The Hall–Kier alpha value is -0.470. The molecule has 1 aromatic heterocycles. The molecule has 3 rings (SSSR count). The zero-order valence-electron chi connectivity index (χ0n) is 8.33. The van der Waals surface area contributed by atoms with E-state index in [1.54, 1.807) is 10.5 Å². The number of rotatable bonds is 0. The highest BCUT2D eigenvalue weighted by Gasteiger charge is 2.21. The third-order valence-corrected chi connectivity index (χ3v) is 5.16. The lowest BCUT2D eigenvalue weighted by molar-refractivity contribution is 0.963. The molecule has 14 heavy (non-hydrogen) atoms. The Bertz CT molecular complexity index is 496. The van der Waals surface area contributed by atoms with Crippen LogP contribution in [0.1, 0.15) is 17.4 Å². The van der Waals surface area contributed by atoms with Gasteiger partial charge in [0.15, 0.2) is 0 Å². The summed E-state index contributed by atoms with van der Waals surface area (Å²) >= 11 is 3.98. The number of aryl methyl sites for hydroxylation is 1. The fraction of sp³-hybridized carbons (Fsp3) is 0.333. The molecule has 2 aromatic rings. The van der Waals surface area contributed by atoms with Gasteiger partial charge in [-0.05, 0) is 30.4 Å². The lowest BCUT2D eigenvalue weighted by atomic mass is 10.1. The second kappa shape index (κ2) is 3.01. The van der Waals surface area contributed by atoms with E-state index in [2.05, 4.69) is 32.0 Å². The lowest BCUT2D eigenvalue weighted by Gasteiger charge is -1.98. The zero-order chi connectivity index (χ0) is 9.71. The van der Waals surface area contributed by atoms with Gasteiger partial charge in [-0.3, -0.25) is 0 Å². The van der Waals surface area contributed by atoms with Gasteiger partial charge in [0.1, 0.15) is 0 Å². The highest BCUT2D eigenvalue weighted by atomic mass is 32.2. The van der Waals surface area contributed by atoms with E-state index in [0.717, 1.165) is 5.25 Å². The number of fused-ring (bicyclic) bond motifs is 3. The summed E-state index contributed by atoms with van der Waals surface area (Å²) in [6, 6.07) is 6.88. The molecule has 0 saturated carbocycles. The van der Waals surface area contributed by atoms with Crippen LogP contribution in [0.2, 0.25) is 0 Å². The molecular weight excluding hydrogens is 208 g/mol. The van der Waals surface area contributed by atoms with E-state index >= 15 is 0 Å². The highest BCUT2D eigenvalue weighted by molar-refractivity contribution is 8.00. The van der Waals surface area contributed by atoms with Crippen LogP contribution in [0.4, 0.5) is 0 Å². The van der Waals surface area contributed by atoms with Crippen molar-refractivity contribution in [2.75, 3.05) is 0 Å². The number of hydrogen-bond donors (Lipinski definition) is 0. The van der Waals surface area contributed by atoms with Crippen molar-refractivity contribution in [2.24, 2.45) is 0 Å². The largest absolute Gasteiger partial charge is 0.139 e. The molecule has 0 radical (unpaired) electrons. The van der Waals surface area contributed by atoms with E-state index < -0.39 is 0 Å². The highest BCUT2D eigenvalue weighted by Crippen LogP contribution is 2.44. The van der Waals surface area contributed by atoms with Crippen LogP contribution in [0.15, 0.2) is 23.1 Å². The van der Waals surface area contributed by atoms with Gasteiger partial charge < -0.3 is 0 Å². The van der Waals surface area contributed by atoms with E-state index in [1.807, 2.05) is 23.1 Å². The average molecular weight is 220 g/mol. The van der Waals surface area contributed by atoms with Gasteiger partial charge in [-0.15, -0.1) is 23.1 Å². The summed E-state index contributed by atoms with van der Waals surface area (Å²) in [7, 11) is 0. The molecule has 1 aromatic carbocycles. The Morgan fingerprint density at radius 3 is 3.07 bits per heavy atom. The van der Waals surface area contributed by atoms with E-state index in [1.165, 1.54) is 21.4 Å². The van der Waals surface area contributed by atoms with E-state index in [9.17, 15) is 0 Å². The first kappa shape index (κ1) is 8.81. The first-order valence-electron chi connectivity index (χ1n) is 4.93. The molecule has 0 N–H and O–H groups in total. The zero-order valence-corrected chi connectivity index (χ0v) is 9.97. The number of benzene rings is 1. The molecule has 0 fully saturated rings. The van der Waals surface area contributed by atoms with Gasteiger partial charge in [0, 0.05) is 19.7 Å². The number of hydrogen-bond acceptors (Lipinski definition) is 2. The summed E-state index contributed by atoms with van der Waals surface area (Å²) in [6.07, 6.45) is 1.24. The van der Waals surface area contributed by atoms with Crippen molar-refractivity contribution in [1.29, 1.82) is 0 Å². The Balaban J connectivity index is 2.32. The Kier molecular flexibility index (Phi) is 1.89. The Morgan fingerprint density at radius 1 is 1.36 bits per heavy atom. The van der Waals surface area contributed by atoms with Crippen molar-refractivity contribution < 1.29 is 0 Å². The summed E-state index contributed by atoms with van der Waals surface area (Å²) < 4.78 is 1.51. The van der Waals surface area contributed by atoms with E-state index in [-0.39, 0.29) is 0 Å². The van der Waals surface area contributed by atoms with Crippen LogP contribution < -0.4 is 0 Å². The Labute approximate surface area is 92.3 Å². The van der Waals surface area contributed by atoms with Gasteiger partial charge in [0.25, 0.3) is 0 Å². The van der Waals surface area contributed by atoms with Gasteiger partial charge >= 0.3 is 0 Å². The van der Waals surface area contributed by atoms with Gasteiger partial charge in [-0.1, -0.05) is 19.1 Å². The van der Waals surface area contributed by atoms with Gasteiger partial charge in [0.2, 0.25) is 0 Å². The predicted octanol–water partition coefficient (Wildman–Crippen LogP) is 4.25.